The van der Waals surface area contributed by atoms with E-state index in [1.807, 2.05) is 6.07 Å². The maximum atomic E-state index is 12.0. The van der Waals surface area contributed by atoms with E-state index in [1.54, 1.807) is 24.3 Å². The number of nitrogens with one attached hydrogen (secondary N) is 1. The van der Waals surface area contributed by atoms with E-state index in [0.717, 1.165) is 11.3 Å². The average Bonchev–Trinajstić information content (AvgIpc) is 2.70. The molecule has 2 N–H and O–H groups in total. The maximum Gasteiger partial charge on any atom is 0.511 e. The van der Waals surface area contributed by atoms with Crippen molar-refractivity contribution in [2.75, 3.05) is 5.32 Å². The Morgan fingerprint density at radius 3 is 2.58 bits per heavy atom. The first kappa shape index (κ1) is 13.4. The van der Waals surface area contributed by atoms with Gasteiger partial charge in [0.2, 0.25) is 0 Å². The highest BCUT2D eigenvalue weighted by Crippen LogP contribution is 2.33. The van der Waals surface area contributed by atoms with E-state index in [1.165, 1.54) is 6.07 Å². The highest BCUT2D eigenvalue weighted by Gasteiger charge is 2.19. The molecular weight excluding hydrogens is 290 g/mol. The second-order valence-corrected chi connectivity index (χ2v) is 5.12. The number of carbonyl (C=O) groups excluding carboxylic acids is 1. The average molecular weight is 298 g/mol. The Bertz CT molecular complexity index is 611. The van der Waals surface area contributed by atoms with Crippen LogP contribution in [0.1, 0.15) is 9.67 Å². The summed E-state index contributed by atoms with van der Waals surface area (Å²) in [4.78, 5) is 22.6. The summed E-state index contributed by atoms with van der Waals surface area (Å²) in [6, 6.07) is 10.1. The van der Waals surface area contributed by atoms with E-state index in [2.05, 4.69) is 10.1 Å². The molecule has 0 unspecified atom stereocenters. The minimum Gasteiger partial charge on any atom is -0.449 e. The number of hydrogen-bond donors (Lipinski definition) is 2. The lowest BCUT2D eigenvalue weighted by atomic mass is 10.3. The molecule has 0 spiro atoms. The van der Waals surface area contributed by atoms with E-state index in [9.17, 15) is 9.59 Å². The van der Waals surface area contributed by atoms with Crippen LogP contribution in [0.25, 0.3) is 0 Å². The molecule has 1 amide bonds. The Morgan fingerprint density at radius 1 is 1.26 bits per heavy atom. The number of thiophene rings is 1. The fraction of sp³-hybridized carbons (Fsp3) is 0. The molecule has 0 aliphatic rings. The van der Waals surface area contributed by atoms with Crippen molar-refractivity contribution in [2.24, 2.45) is 0 Å². The van der Waals surface area contributed by atoms with Crippen LogP contribution in [0.15, 0.2) is 36.4 Å². The fourth-order valence-electron chi connectivity index (χ4n) is 1.38. The molecule has 1 heterocycles. The molecule has 19 heavy (non-hydrogen) atoms. The van der Waals surface area contributed by atoms with E-state index >= 15 is 0 Å². The van der Waals surface area contributed by atoms with Crippen molar-refractivity contribution >= 4 is 40.7 Å². The van der Waals surface area contributed by atoms with Gasteiger partial charge >= 0.3 is 6.16 Å². The molecule has 5 nitrogen and oxygen atoms in total. The van der Waals surface area contributed by atoms with Gasteiger partial charge in [0.05, 0.1) is 4.34 Å². The maximum absolute atomic E-state index is 12.0. The van der Waals surface area contributed by atoms with Crippen LogP contribution in [0, 0.1) is 0 Å². The molecule has 0 saturated carbocycles. The number of carbonyl (C=O) groups is 2. The van der Waals surface area contributed by atoms with Gasteiger partial charge in [-0.05, 0) is 12.1 Å². The third kappa shape index (κ3) is 3.46. The third-order valence-electron chi connectivity index (χ3n) is 2.10. The van der Waals surface area contributed by atoms with Gasteiger partial charge in [0, 0.05) is 11.8 Å². The quantitative estimate of drug-likeness (QED) is 0.847. The summed E-state index contributed by atoms with van der Waals surface area (Å²) in [6.45, 7) is 0. The normalized spacial score (nSPS) is 9.95. The summed E-state index contributed by atoms with van der Waals surface area (Å²) < 4.78 is 4.78. The molecule has 1 aromatic heterocycles. The fourth-order valence-corrected chi connectivity index (χ4v) is 2.42. The van der Waals surface area contributed by atoms with Gasteiger partial charge in [-0.15, -0.1) is 11.3 Å². The summed E-state index contributed by atoms with van der Waals surface area (Å²) in [5, 5.41) is 11.2. The molecule has 1 aromatic carbocycles. The lowest BCUT2D eigenvalue weighted by molar-refractivity contribution is 0.102. The summed E-state index contributed by atoms with van der Waals surface area (Å²) in [7, 11) is 0. The van der Waals surface area contributed by atoms with Crippen molar-refractivity contribution < 1.29 is 19.4 Å². The lowest BCUT2D eigenvalue weighted by Crippen LogP contribution is -2.13. The zero-order valence-electron chi connectivity index (χ0n) is 9.42. The lowest BCUT2D eigenvalue weighted by Gasteiger charge is -2.04. The second kappa shape index (κ2) is 5.73. The first-order valence-electron chi connectivity index (χ1n) is 5.13. The molecule has 0 radical (unpaired) electrons. The first-order chi connectivity index (χ1) is 9.06. The molecule has 7 heteroatoms. The van der Waals surface area contributed by atoms with Crippen LogP contribution in [0.2, 0.25) is 4.34 Å². The zero-order valence-corrected chi connectivity index (χ0v) is 11.0. The SMILES string of the molecule is O=C(O)Oc1cc(Cl)sc1C(=O)Nc1ccccc1. The van der Waals surface area contributed by atoms with Gasteiger partial charge in [-0.1, -0.05) is 29.8 Å². The van der Waals surface area contributed by atoms with Gasteiger partial charge in [0.25, 0.3) is 5.91 Å². The van der Waals surface area contributed by atoms with Gasteiger partial charge in [-0.2, -0.15) is 0 Å². The zero-order chi connectivity index (χ0) is 13.8. The molecule has 0 aliphatic carbocycles. The van der Waals surface area contributed by atoms with E-state index in [4.69, 9.17) is 16.7 Å². The van der Waals surface area contributed by atoms with Gasteiger partial charge in [-0.25, -0.2) is 4.79 Å². The number of halogens is 1. The third-order valence-corrected chi connectivity index (χ3v) is 3.35. The van der Waals surface area contributed by atoms with E-state index in [-0.39, 0.29) is 15.0 Å². The van der Waals surface area contributed by atoms with Gasteiger partial charge in [0.1, 0.15) is 4.88 Å². The summed E-state index contributed by atoms with van der Waals surface area (Å²) in [6.07, 6.45) is -1.50. The van der Waals surface area contributed by atoms with Crippen LogP contribution in [-0.2, 0) is 0 Å². The van der Waals surface area contributed by atoms with Crippen LogP contribution < -0.4 is 10.1 Å². The summed E-state index contributed by atoms with van der Waals surface area (Å²) in [5.74, 6) is -0.546. The number of amides is 1. The van der Waals surface area contributed by atoms with Crippen molar-refractivity contribution in [3.8, 4) is 5.75 Å². The number of rotatable bonds is 3. The largest absolute Gasteiger partial charge is 0.511 e. The molecular formula is C12H8ClNO4S. The minimum atomic E-state index is -1.50. The molecule has 2 rings (SSSR count). The Balaban J connectivity index is 2.21. The Kier molecular flexibility index (Phi) is 4.03. The van der Waals surface area contributed by atoms with E-state index in [0.29, 0.717) is 5.69 Å². The molecule has 0 aliphatic heterocycles. The van der Waals surface area contributed by atoms with Crippen molar-refractivity contribution in [1.82, 2.24) is 0 Å². The number of anilines is 1. The Hall–Kier alpha value is -2.05. The number of hydrogen-bond acceptors (Lipinski definition) is 4. The Labute approximate surface area is 117 Å². The van der Waals surface area contributed by atoms with Crippen molar-refractivity contribution in [3.63, 3.8) is 0 Å². The Morgan fingerprint density at radius 2 is 1.95 bits per heavy atom. The van der Waals surface area contributed by atoms with Gasteiger partial charge < -0.3 is 15.2 Å². The summed E-state index contributed by atoms with van der Waals surface area (Å²) >= 11 is 6.71. The van der Waals surface area contributed by atoms with Crippen molar-refractivity contribution in [2.45, 2.75) is 0 Å². The monoisotopic (exact) mass is 297 g/mol. The summed E-state index contributed by atoms with van der Waals surface area (Å²) in [5.41, 5.74) is 0.596. The molecule has 0 saturated heterocycles. The van der Waals surface area contributed by atoms with E-state index < -0.39 is 12.1 Å². The molecule has 0 atom stereocenters. The van der Waals surface area contributed by atoms with Crippen LogP contribution in [0.5, 0.6) is 5.75 Å². The van der Waals surface area contributed by atoms with Crippen LogP contribution >= 0.6 is 22.9 Å². The number of ether oxygens (including phenoxy) is 1. The number of benzene rings is 1. The molecule has 98 valence electrons. The second-order valence-electron chi connectivity index (χ2n) is 3.43. The first-order valence-corrected chi connectivity index (χ1v) is 6.32. The van der Waals surface area contributed by atoms with Crippen LogP contribution in [-0.4, -0.2) is 17.2 Å². The van der Waals surface area contributed by atoms with Crippen LogP contribution in [0.3, 0.4) is 0 Å². The van der Waals surface area contributed by atoms with Gasteiger partial charge in [-0.3, -0.25) is 4.79 Å². The van der Waals surface area contributed by atoms with Crippen molar-refractivity contribution in [3.05, 3.63) is 45.6 Å². The topological polar surface area (TPSA) is 75.6 Å². The van der Waals surface area contributed by atoms with Crippen LogP contribution in [0.4, 0.5) is 10.5 Å². The molecule has 0 fully saturated rings. The smallest absolute Gasteiger partial charge is 0.449 e. The predicted octanol–water partition coefficient (Wildman–Crippen LogP) is 3.71. The molecule has 0 bridgehead atoms. The minimum absolute atomic E-state index is 0.0732. The van der Waals surface area contributed by atoms with Crippen molar-refractivity contribution in [1.29, 1.82) is 0 Å². The molecule has 2 aromatic rings. The number of para-hydroxylation sites is 1. The van der Waals surface area contributed by atoms with Gasteiger partial charge in [0.15, 0.2) is 5.75 Å². The highest BCUT2D eigenvalue weighted by molar-refractivity contribution is 7.18. The number of carboxylic acid groups (broad SMARTS) is 1. The predicted molar refractivity (Wildman–Crippen MR) is 72.4 cm³/mol. The highest BCUT2D eigenvalue weighted by atomic mass is 35.5. The standard InChI is InChI=1S/C12H8ClNO4S/c13-9-6-8(18-12(16)17)10(19-9)11(15)14-7-4-2-1-3-5-7/h1-6H,(H,14,15)(H,16,17).